The fourth-order valence-corrected chi connectivity index (χ4v) is 4.08. The first-order valence-electron chi connectivity index (χ1n) is 9.53. The lowest BCUT2D eigenvalue weighted by atomic mass is 10.2. The molecule has 172 valence electrons. The molecule has 0 bridgehead atoms. The molecule has 8 nitrogen and oxygen atoms in total. The molecular weight excluding hydrogens is 482 g/mol. The minimum atomic E-state index is -1.11. The molecule has 0 saturated heterocycles. The van der Waals surface area contributed by atoms with Gasteiger partial charge in [0.05, 0.1) is 47.4 Å². The van der Waals surface area contributed by atoms with Crippen molar-refractivity contribution in [2.45, 2.75) is 42.1 Å². The number of aliphatic hydroxyl groups excluding tert-OH is 3. The third-order valence-electron chi connectivity index (χ3n) is 4.39. The summed E-state index contributed by atoms with van der Waals surface area (Å²) < 4.78 is 20.3. The summed E-state index contributed by atoms with van der Waals surface area (Å²) in [7, 11) is 0. The van der Waals surface area contributed by atoms with Gasteiger partial charge >= 0.3 is 0 Å². The Kier molecular flexibility index (Phi) is 8.83. The lowest BCUT2D eigenvalue weighted by molar-refractivity contribution is -0.0972. The van der Waals surface area contributed by atoms with E-state index in [0.29, 0.717) is 26.3 Å². The van der Waals surface area contributed by atoms with Crippen LogP contribution in [0.2, 0.25) is 10.0 Å². The number of thioether (sulfide) groups is 1. The normalized spacial score (nSPS) is 15.3. The van der Waals surface area contributed by atoms with E-state index in [1.165, 1.54) is 23.7 Å². The first kappa shape index (κ1) is 24.8. The zero-order valence-corrected chi connectivity index (χ0v) is 19.2. The van der Waals surface area contributed by atoms with Crippen molar-refractivity contribution in [3.8, 4) is 11.4 Å². The number of aliphatic hydroxyl groups is 3. The average Bonchev–Trinajstić information content (AvgIpc) is 3.22. The van der Waals surface area contributed by atoms with Gasteiger partial charge in [-0.25, -0.2) is 9.07 Å². The Hall–Kier alpha value is -1.79. The van der Waals surface area contributed by atoms with Crippen LogP contribution < -0.4 is 0 Å². The first-order valence-corrected chi connectivity index (χ1v) is 11.2. The summed E-state index contributed by atoms with van der Waals surface area (Å²) in [6, 6.07) is 7.70. The Balaban J connectivity index is 1.77. The highest BCUT2D eigenvalue weighted by atomic mass is 35.5. The highest BCUT2D eigenvalue weighted by Gasteiger charge is 2.28. The van der Waals surface area contributed by atoms with Crippen molar-refractivity contribution >= 4 is 35.0 Å². The standard InChI is InChI=1S/C20H21Cl2FN4O4S/c1-11(29)19(10-28)31-20(32-13-3-4-14(21)15(22)6-13)18(30)9-27-8-17(25-26-27)16-5-2-12(23)7-24-16/h2-8,11,18-20,28-30H,9-10H2,1H3/t11-,18+,19?,20?/m1/s1. The van der Waals surface area contributed by atoms with Crippen molar-refractivity contribution in [2.75, 3.05) is 6.61 Å². The summed E-state index contributed by atoms with van der Waals surface area (Å²) in [5.41, 5.74) is -0.0563. The molecule has 4 atom stereocenters. The van der Waals surface area contributed by atoms with Crippen molar-refractivity contribution in [1.29, 1.82) is 0 Å². The predicted octanol–water partition coefficient (Wildman–Crippen LogP) is 3.02. The van der Waals surface area contributed by atoms with Crippen LogP contribution in [-0.2, 0) is 11.3 Å². The van der Waals surface area contributed by atoms with Crippen LogP contribution in [0.5, 0.6) is 0 Å². The lowest BCUT2D eigenvalue weighted by Gasteiger charge is -2.28. The van der Waals surface area contributed by atoms with Crippen molar-refractivity contribution < 1.29 is 24.4 Å². The topological polar surface area (TPSA) is 114 Å². The SMILES string of the molecule is C[C@@H](O)C(CO)OC(Sc1ccc(Cl)c(Cl)c1)[C@@H](O)Cn1cc(-c2ccc(F)cn2)nn1. The minimum Gasteiger partial charge on any atom is -0.394 e. The third kappa shape index (κ3) is 6.61. The number of pyridine rings is 1. The maximum Gasteiger partial charge on any atom is 0.141 e. The average molecular weight is 503 g/mol. The van der Waals surface area contributed by atoms with Gasteiger partial charge in [-0.15, -0.1) is 5.10 Å². The van der Waals surface area contributed by atoms with Gasteiger partial charge in [0.25, 0.3) is 0 Å². The van der Waals surface area contributed by atoms with E-state index in [2.05, 4.69) is 15.3 Å². The lowest BCUT2D eigenvalue weighted by Crippen LogP contribution is -2.39. The van der Waals surface area contributed by atoms with Crippen molar-refractivity contribution in [2.24, 2.45) is 0 Å². The van der Waals surface area contributed by atoms with Crippen molar-refractivity contribution in [1.82, 2.24) is 20.0 Å². The highest BCUT2D eigenvalue weighted by molar-refractivity contribution is 7.99. The van der Waals surface area contributed by atoms with Crippen LogP contribution in [0.15, 0.2) is 47.6 Å². The molecule has 0 radical (unpaired) electrons. The van der Waals surface area contributed by atoms with E-state index in [9.17, 15) is 19.7 Å². The summed E-state index contributed by atoms with van der Waals surface area (Å²) in [4.78, 5) is 4.62. The second-order valence-electron chi connectivity index (χ2n) is 6.91. The van der Waals surface area contributed by atoms with E-state index in [-0.39, 0.29) is 6.54 Å². The third-order valence-corrected chi connectivity index (χ3v) is 6.31. The van der Waals surface area contributed by atoms with Crippen LogP contribution in [0, 0.1) is 5.82 Å². The van der Waals surface area contributed by atoms with Crippen LogP contribution in [-0.4, -0.2) is 65.7 Å². The molecule has 0 aliphatic carbocycles. The molecule has 1 aromatic carbocycles. The predicted molar refractivity (Wildman–Crippen MR) is 119 cm³/mol. The number of aromatic nitrogens is 4. The zero-order chi connectivity index (χ0) is 23.3. The summed E-state index contributed by atoms with van der Waals surface area (Å²) >= 11 is 13.2. The first-order chi connectivity index (χ1) is 15.3. The van der Waals surface area contributed by atoms with Gasteiger partial charge in [-0.2, -0.15) is 0 Å². The zero-order valence-electron chi connectivity index (χ0n) is 16.8. The van der Waals surface area contributed by atoms with Crippen LogP contribution in [0.3, 0.4) is 0 Å². The number of hydrogen-bond acceptors (Lipinski definition) is 8. The van der Waals surface area contributed by atoms with Gasteiger partial charge in [0, 0.05) is 4.90 Å². The van der Waals surface area contributed by atoms with E-state index in [4.69, 9.17) is 27.9 Å². The molecule has 0 fully saturated rings. The van der Waals surface area contributed by atoms with Crippen LogP contribution >= 0.6 is 35.0 Å². The second-order valence-corrected chi connectivity index (χ2v) is 8.90. The number of rotatable bonds is 10. The van der Waals surface area contributed by atoms with Gasteiger partial charge in [0.15, 0.2) is 0 Å². The van der Waals surface area contributed by atoms with E-state index in [1.807, 2.05) is 0 Å². The smallest absolute Gasteiger partial charge is 0.141 e. The number of nitrogens with zero attached hydrogens (tertiary/aromatic N) is 4. The molecule has 12 heteroatoms. The van der Waals surface area contributed by atoms with Crippen molar-refractivity contribution in [3.05, 3.63) is 58.6 Å². The number of hydrogen-bond donors (Lipinski definition) is 3. The van der Waals surface area contributed by atoms with E-state index < -0.39 is 36.2 Å². The molecule has 3 N–H and O–H groups in total. The summed E-state index contributed by atoms with van der Waals surface area (Å²) in [5, 5.41) is 39.0. The maximum atomic E-state index is 13.1. The van der Waals surface area contributed by atoms with E-state index in [0.717, 1.165) is 18.0 Å². The number of ether oxygens (including phenoxy) is 1. The quantitative estimate of drug-likeness (QED) is 0.286. The number of benzene rings is 1. The molecular formula is C20H21Cl2FN4O4S. The highest BCUT2D eigenvalue weighted by Crippen LogP contribution is 2.33. The molecule has 2 unspecified atom stereocenters. The monoisotopic (exact) mass is 502 g/mol. The Bertz CT molecular complexity index is 1030. The van der Waals surface area contributed by atoms with Gasteiger partial charge < -0.3 is 20.1 Å². The van der Waals surface area contributed by atoms with Crippen molar-refractivity contribution in [3.63, 3.8) is 0 Å². The maximum absolute atomic E-state index is 13.1. The van der Waals surface area contributed by atoms with Crippen LogP contribution in [0.4, 0.5) is 4.39 Å². The molecule has 2 heterocycles. The molecule has 0 spiro atoms. The largest absolute Gasteiger partial charge is 0.394 e. The fourth-order valence-electron chi connectivity index (χ4n) is 2.67. The minimum absolute atomic E-state index is 0.00879. The van der Waals surface area contributed by atoms with Crippen LogP contribution in [0.1, 0.15) is 6.92 Å². The molecule has 3 rings (SSSR count). The Morgan fingerprint density at radius 2 is 1.94 bits per heavy atom. The molecule has 2 aromatic heterocycles. The fraction of sp³-hybridized carbons (Fsp3) is 0.350. The molecule has 0 amide bonds. The Labute approximate surface area is 198 Å². The van der Waals surface area contributed by atoms with Crippen LogP contribution in [0.25, 0.3) is 11.4 Å². The van der Waals surface area contributed by atoms with Gasteiger partial charge in [-0.1, -0.05) is 40.2 Å². The van der Waals surface area contributed by atoms with Gasteiger partial charge in [-0.3, -0.25) is 4.98 Å². The molecule has 3 aromatic rings. The molecule has 0 saturated carbocycles. The summed E-state index contributed by atoms with van der Waals surface area (Å²) in [5.74, 6) is -0.465. The van der Waals surface area contributed by atoms with Gasteiger partial charge in [-0.05, 0) is 37.3 Å². The van der Waals surface area contributed by atoms with Gasteiger partial charge in [0.2, 0.25) is 0 Å². The number of halogens is 3. The summed E-state index contributed by atoms with van der Waals surface area (Å²) in [6.45, 7) is 1.03. The molecule has 0 aliphatic rings. The second kappa shape index (κ2) is 11.4. The molecule has 32 heavy (non-hydrogen) atoms. The summed E-state index contributed by atoms with van der Waals surface area (Å²) in [6.07, 6.45) is -0.363. The Morgan fingerprint density at radius 1 is 1.16 bits per heavy atom. The molecule has 0 aliphatic heterocycles. The van der Waals surface area contributed by atoms with E-state index >= 15 is 0 Å². The van der Waals surface area contributed by atoms with E-state index in [1.54, 1.807) is 24.4 Å². The van der Waals surface area contributed by atoms with Gasteiger partial charge in [0.1, 0.15) is 29.2 Å². The Morgan fingerprint density at radius 3 is 2.56 bits per heavy atom.